The standard InChI is InChI=1S/C16H19NO2/c1-9-7-13-11(3)15-14(8-10(2)18-15)12(5-4-6-17)16(13)19-9/h7-8H,4-6,17H2,1-3H3. The normalized spacial score (nSPS) is 11.8. The van der Waals surface area contributed by atoms with Crippen molar-refractivity contribution in [1.82, 2.24) is 0 Å². The molecule has 0 atom stereocenters. The quantitative estimate of drug-likeness (QED) is 0.771. The second-order valence-electron chi connectivity index (χ2n) is 5.20. The maximum atomic E-state index is 5.91. The molecule has 19 heavy (non-hydrogen) atoms. The topological polar surface area (TPSA) is 52.3 Å². The monoisotopic (exact) mass is 257 g/mol. The van der Waals surface area contributed by atoms with Crippen molar-refractivity contribution in [3.05, 3.63) is 34.8 Å². The Morgan fingerprint density at radius 3 is 2.26 bits per heavy atom. The van der Waals surface area contributed by atoms with Crippen LogP contribution in [0.5, 0.6) is 0 Å². The number of aryl methyl sites for hydroxylation is 4. The van der Waals surface area contributed by atoms with Crippen molar-refractivity contribution in [2.75, 3.05) is 6.54 Å². The Morgan fingerprint density at radius 2 is 1.58 bits per heavy atom. The van der Waals surface area contributed by atoms with Gasteiger partial charge in [0.1, 0.15) is 22.7 Å². The lowest BCUT2D eigenvalue weighted by molar-refractivity contribution is 0.571. The number of nitrogens with two attached hydrogens (primary N) is 1. The molecule has 0 aliphatic heterocycles. The SMILES string of the molecule is Cc1cc2c(CCCN)c3oc(C)cc3c(C)c2o1. The average Bonchev–Trinajstić information content (AvgIpc) is 2.93. The van der Waals surface area contributed by atoms with E-state index in [2.05, 4.69) is 19.1 Å². The van der Waals surface area contributed by atoms with Gasteiger partial charge in [-0.15, -0.1) is 0 Å². The van der Waals surface area contributed by atoms with Crippen LogP contribution in [0.25, 0.3) is 21.9 Å². The van der Waals surface area contributed by atoms with Gasteiger partial charge in [-0.1, -0.05) is 0 Å². The van der Waals surface area contributed by atoms with Crippen molar-refractivity contribution in [1.29, 1.82) is 0 Å². The van der Waals surface area contributed by atoms with Crippen molar-refractivity contribution in [3.8, 4) is 0 Å². The second-order valence-corrected chi connectivity index (χ2v) is 5.20. The van der Waals surface area contributed by atoms with E-state index in [0.717, 1.165) is 46.5 Å². The lowest BCUT2D eigenvalue weighted by atomic mass is 9.99. The zero-order valence-electron chi connectivity index (χ0n) is 11.7. The van der Waals surface area contributed by atoms with E-state index in [1.807, 2.05) is 13.8 Å². The number of furan rings is 2. The van der Waals surface area contributed by atoms with Crippen LogP contribution in [-0.4, -0.2) is 6.54 Å². The summed E-state index contributed by atoms with van der Waals surface area (Å²) in [7, 11) is 0. The van der Waals surface area contributed by atoms with Gasteiger partial charge in [-0.05, 0) is 52.3 Å². The van der Waals surface area contributed by atoms with Crippen LogP contribution in [0.3, 0.4) is 0 Å². The molecule has 100 valence electrons. The van der Waals surface area contributed by atoms with Gasteiger partial charge in [-0.2, -0.15) is 0 Å². The van der Waals surface area contributed by atoms with E-state index in [1.54, 1.807) is 0 Å². The number of hydrogen-bond acceptors (Lipinski definition) is 3. The second kappa shape index (κ2) is 4.42. The molecular formula is C16H19NO2. The Kier molecular flexibility index (Phi) is 2.86. The van der Waals surface area contributed by atoms with Crippen LogP contribution in [0, 0.1) is 20.8 Å². The van der Waals surface area contributed by atoms with Crippen molar-refractivity contribution in [2.45, 2.75) is 33.6 Å². The van der Waals surface area contributed by atoms with Crippen LogP contribution in [0.1, 0.15) is 29.1 Å². The highest BCUT2D eigenvalue weighted by atomic mass is 16.3. The molecule has 0 unspecified atom stereocenters. The van der Waals surface area contributed by atoms with Gasteiger partial charge < -0.3 is 14.6 Å². The van der Waals surface area contributed by atoms with E-state index >= 15 is 0 Å². The van der Waals surface area contributed by atoms with Crippen molar-refractivity contribution >= 4 is 21.9 Å². The largest absolute Gasteiger partial charge is 0.461 e. The van der Waals surface area contributed by atoms with E-state index in [-0.39, 0.29) is 0 Å². The average molecular weight is 257 g/mol. The van der Waals surface area contributed by atoms with Crippen LogP contribution in [0.4, 0.5) is 0 Å². The fourth-order valence-electron chi connectivity index (χ4n) is 2.81. The first-order chi connectivity index (χ1) is 9.11. The summed E-state index contributed by atoms with van der Waals surface area (Å²) in [4.78, 5) is 0. The summed E-state index contributed by atoms with van der Waals surface area (Å²) in [5, 5.41) is 2.33. The van der Waals surface area contributed by atoms with E-state index < -0.39 is 0 Å². The van der Waals surface area contributed by atoms with Gasteiger partial charge in [0.15, 0.2) is 0 Å². The molecule has 3 rings (SSSR count). The predicted octanol–water partition coefficient (Wildman–Crippen LogP) is 4.00. The summed E-state index contributed by atoms with van der Waals surface area (Å²) >= 11 is 0. The highest BCUT2D eigenvalue weighted by Gasteiger charge is 2.17. The van der Waals surface area contributed by atoms with E-state index in [0.29, 0.717) is 6.54 Å². The molecule has 0 bridgehead atoms. The summed E-state index contributed by atoms with van der Waals surface area (Å²) in [6.07, 6.45) is 1.88. The van der Waals surface area contributed by atoms with Gasteiger partial charge in [-0.3, -0.25) is 0 Å². The van der Waals surface area contributed by atoms with Gasteiger partial charge in [0.25, 0.3) is 0 Å². The van der Waals surface area contributed by atoms with Gasteiger partial charge >= 0.3 is 0 Å². The maximum absolute atomic E-state index is 5.91. The summed E-state index contributed by atoms with van der Waals surface area (Å²) in [5.41, 5.74) is 10.0. The van der Waals surface area contributed by atoms with Crippen LogP contribution in [-0.2, 0) is 6.42 Å². The molecule has 0 aliphatic rings. The number of rotatable bonds is 3. The molecule has 1 aromatic carbocycles. The smallest absolute Gasteiger partial charge is 0.138 e. The van der Waals surface area contributed by atoms with Crippen molar-refractivity contribution < 1.29 is 8.83 Å². The third-order valence-electron chi connectivity index (χ3n) is 3.69. The van der Waals surface area contributed by atoms with Crippen LogP contribution < -0.4 is 5.73 Å². The summed E-state index contributed by atoms with van der Waals surface area (Å²) in [6.45, 7) is 6.75. The molecule has 3 nitrogen and oxygen atoms in total. The van der Waals surface area contributed by atoms with E-state index in [9.17, 15) is 0 Å². The Labute approximate surface area is 112 Å². The number of fused-ring (bicyclic) bond motifs is 2. The molecule has 3 aromatic rings. The van der Waals surface area contributed by atoms with Crippen LogP contribution in [0.15, 0.2) is 21.0 Å². The molecule has 0 spiro atoms. The summed E-state index contributed by atoms with van der Waals surface area (Å²) < 4.78 is 11.8. The Morgan fingerprint density at radius 1 is 0.947 bits per heavy atom. The predicted molar refractivity (Wildman–Crippen MR) is 77.6 cm³/mol. The van der Waals surface area contributed by atoms with Crippen molar-refractivity contribution in [3.63, 3.8) is 0 Å². The zero-order valence-corrected chi connectivity index (χ0v) is 11.7. The lowest BCUT2D eigenvalue weighted by Gasteiger charge is -2.06. The molecule has 2 heterocycles. The Bertz CT molecular complexity index is 691. The minimum absolute atomic E-state index is 0.688. The molecule has 0 radical (unpaired) electrons. The van der Waals surface area contributed by atoms with Crippen LogP contribution >= 0.6 is 0 Å². The molecule has 0 fully saturated rings. The minimum atomic E-state index is 0.688. The first-order valence-corrected chi connectivity index (χ1v) is 6.73. The molecular weight excluding hydrogens is 238 g/mol. The van der Waals surface area contributed by atoms with Gasteiger partial charge in [0.05, 0.1) is 0 Å². The molecule has 0 saturated carbocycles. The lowest BCUT2D eigenvalue weighted by Crippen LogP contribution is -2.01. The molecule has 2 aromatic heterocycles. The van der Waals surface area contributed by atoms with Crippen molar-refractivity contribution in [2.24, 2.45) is 5.73 Å². The number of hydrogen-bond donors (Lipinski definition) is 1. The Hall–Kier alpha value is -1.74. The first kappa shape index (κ1) is 12.3. The summed E-state index contributed by atoms with van der Waals surface area (Å²) in [6, 6.07) is 4.19. The third-order valence-corrected chi connectivity index (χ3v) is 3.69. The molecule has 0 amide bonds. The fourth-order valence-corrected chi connectivity index (χ4v) is 2.81. The molecule has 0 saturated heterocycles. The van der Waals surface area contributed by atoms with Gasteiger partial charge in [0, 0.05) is 21.9 Å². The molecule has 3 heteroatoms. The number of benzene rings is 1. The van der Waals surface area contributed by atoms with Gasteiger partial charge in [0.2, 0.25) is 0 Å². The summed E-state index contributed by atoms with van der Waals surface area (Å²) in [5.74, 6) is 1.88. The maximum Gasteiger partial charge on any atom is 0.138 e. The first-order valence-electron chi connectivity index (χ1n) is 6.73. The van der Waals surface area contributed by atoms with E-state index in [4.69, 9.17) is 14.6 Å². The van der Waals surface area contributed by atoms with Gasteiger partial charge in [-0.25, -0.2) is 0 Å². The fraction of sp³-hybridized carbons (Fsp3) is 0.375. The zero-order chi connectivity index (χ0) is 13.6. The third kappa shape index (κ3) is 1.85. The molecule has 0 aliphatic carbocycles. The van der Waals surface area contributed by atoms with E-state index in [1.165, 1.54) is 10.9 Å². The van der Waals surface area contributed by atoms with Crippen LogP contribution in [0.2, 0.25) is 0 Å². The Balaban J connectivity index is 2.40. The highest BCUT2D eigenvalue weighted by molar-refractivity contribution is 6.01. The highest BCUT2D eigenvalue weighted by Crippen LogP contribution is 2.36. The minimum Gasteiger partial charge on any atom is -0.461 e. The molecule has 2 N–H and O–H groups in total.